The van der Waals surface area contributed by atoms with Crippen molar-refractivity contribution >= 4 is 17.9 Å². The van der Waals surface area contributed by atoms with Crippen LogP contribution in [-0.2, 0) is 0 Å². The minimum absolute atomic E-state index is 0.0421. The molecule has 1 aromatic carbocycles. The molecule has 0 aliphatic carbocycles. The number of aromatic amines is 1. The topological polar surface area (TPSA) is 124 Å². The number of nitrogens with zero attached hydrogens (tertiary/aromatic N) is 6. The van der Waals surface area contributed by atoms with Crippen LogP contribution in [0.3, 0.4) is 0 Å². The van der Waals surface area contributed by atoms with Crippen LogP contribution in [0.1, 0.15) is 5.56 Å². The first-order valence-electron chi connectivity index (χ1n) is 4.48. The van der Waals surface area contributed by atoms with Crippen molar-refractivity contribution in [2.75, 3.05) is 0 Å². The molecular formula is C8H6N7O2-. The van der Waals surface area contributed by atoms with Crippen molar-refractivity contribution in [3.63, 3.8) is 0 Å². The van der Waals surface area contributed by atoms with Gasteiger partial charge in [0.25, 0.3) is 5.69 Å². The molecule has 86 valence electrons. The van der Waals surface area contributed by atoms with E-state index in [0.717, 1.165) is 0 Å². The van der Waals surface area contributed by atoms with Crippen molar-refractivity contribution in [2.24, 2.45) is 5.10 Å². The van der Waals surface area contributed by atoms with Crippen LogP contribution in [0, 0.1) is 10.1 Å². The molecule has 9 nitrogen and oxygen atoms in total. The molecule has 0 aliphatic heterocycles. The van der Waals surface area contributed by atoms with Crippen molar-refractivity contribution in [2.45, 2.75) is 0 Å². The molecule has 1 N–H and O–H groups in total. The molecule has 0 amide bonds. The second-order valence-corrected chi connectivity index (χ2v) is 2.87. The van der Waals surface area contributed by atoms with Gasteiger partial charge in [-0.1, -0.05) is 12.1 Å². The largest absolute Gasteiger partial charge is 0.278 e. The number of hydrogen-bond donors (Lipinski definition) is 1. The first-order chi connectivity index (χ1) is 8.27. The summed E-state index contributed by atoms with van der Waals surface area (Å²) in [5, 5.41) is 26.9. The Kier molecular flexibility index (Phi) is 3.01. The third-order valence-electron chi connectivity index (χ3n) is 1.81. The third-order valence-corrected chi connectivity index (χ3v) is 1.81. The average Bonchev–Trinajstić information content (AvgIpc) is 2.82. The minimum Gasteiger partial charge on any atom is -0.277 e. The Morgan fingerprint density at radius 1 is 1.47 bits per heavy atom. The first-order valence-corrected chi connectivity index (χ1v) is 4.48. The summed E-state index contributed by atoms with van der Waals surface area (Å²) in [5.41, 5.74) is 3.90. The molecule has 0 aliphatic rings. The number of H-pyrrole nitrogens is 1. The lowest BCUT2D eigenvalue weighted by molar-refractivity contribution is -0.385. The predicted octanol–water partition coefficient (Wildman–Crippen LogP) is 1.15. The predicted molar refractivity (Wildman–Crippen MR) is 57.9 cm³/mol. The van der Waals surface area contributed by atoms with Crippen molar-refractivity contribution < 1.29 is 4.92 Å². The number of benzene rings is 1. The molecule has 17 heavy (non-hydrogen) atoms. The Morgan fingerprint density at radius 3 is 3.00 bits per heavy atom. The van der Waals surface area contributed by atoms with Gasteiger partial charge in [-0.2, -0.15) is 0 Å². The summed E-state index contributed by atoms with van der Waals surface area (Å²) in [6.45, 7) is 0. The van der Waals surface area contributed by atoms with Gasteiger partial charge in [0.2, 0.25) is 0 Å². The fraction of sp³-hybridized carbons (Fsp3) is 0. The quantitative estimate of drug-likeness (QED) is 0.480. The summed E-state index contributed by atoms with van der Waals surface area (Å²) >= 11 is 0. The highest BCUT2D eigenvalue weighted by atomic mass is 16.6. The third kappa shape index (κ3) is 2.59. The van der Waals surface area contributed by atoms with Crippen LogP contribution < -0.4 is 0 Å². The van der Waals surface area contributed by atoms with Gasteiger partial charge in [-0.25, -0.2) is 5.10 Å². The highest BCUT2D eigenvalue weighted by Gasteiger charge is 2.09. The van der Waals surface area contributed by atoms with E-state index in [1.165, 1.54) is 12.3 Å². The summed E-state index contributed by atoms with van der Waals surface area (Å²) in [6.07, 6.45) is 1.26. The standard InChI is InChI=1S/C8H6N7O2/c16-15(17)7-4-2-1-3-6(7)5-9-10-8-11-13-14-12-8/h1-5H,(H-,10,11,12,13,14)/q-1/b9-5-. The van der Waals surface area contributed by atoms with Crippen molar-refractivity contribution in [3.05, 3.63) is 45.4 Å². The molecule has 0 saturated carbocycles. The maximum absolute atomic E-state index is 10.7. The van der Waals surface area contributed by atoms with Gasteiger partial charge in [-0.05, 0) is 6.07 Å². The van der Waals surface area contributed by atoms with Crippen LogP contribution >= 0.6 is 0 Å². The van der Waals surface area contributed by atoms with E-state index in [4.69, 9.17) is 0 Å². The van der Waals surface area contributed by atoms with Crippen LogP contribution in [0.25, 0.3) is 5.43 Å². The highest BCUT2D eigenvalue weighted by molar-refractivity contribution is 5.85. The summed E-state index contributed by atoms with van der Waals surface area (Å²) in [7, 11) is 0. The maximum atomic E-state index is 10.7. The molecule has 2 aromatic rings. The molecule has 0 unspecified atom stereocenters. The van der Waals surface area contributed by atoms with Crippen LogP contribution in [0.5, 0.6) is 0 Å². The van der Waals surface area contributed by atoms with E-state index in [2.05, 4.69) is 31.2 Å². The van der Waals surface area contributed by atoms with Crippen LogP contribution in [0.15, 0.2) is 29.4 Å². The van der Waals surface area contributed by atoms with Gasteiger partial charge >= 0.3 is 0 Å². The monoisotopic (exact) mass is 232 g/mol. The zero-order valence-electron chi connectivity index (χ0n) is 8.39. The number of rotatable bonds is 4. The Morgan fingerprint density at radius 2 is 2.29 bits per heavy atom. The molecule has 0 spiro atoms. The van der Waals surface area contributed by atoms with Gasteiger partial charge in [0, 0.05) is 12.3 Å². The van der Waals surface area contributed by atoms with Gasteiger partial charge in [0.1, 0.15) is 0 Å². The number of nitro groups is 1. The van der Waals surface area contributed by atoms with E-state index >= 15 is 0 Å². The number of para-hydroxylation sites is 1. The van der Waals surface area contributed by atoms with Gasteiger partial charge < -0.3 is 0 Å². The summed E-state index contributed by atoms with van der Waals surface area (Å²) in [6, 6.07) is 6.19. The molecule has 1 heterocycles. The SMILES string of the molecule is O=[N+]([O-])c1ccccc1/C=N\[N-]c1nn[nH]n1. The molecular weight excluding hydrogens is 226 g/mol. The van der Waals surface area contributed by atoms with Crippen molar-refractivity contribution in [3.8, 4) is 0 Å². The molecule has 2 rings (SSSR count). The van der Waals surface area contributed by atoms with E-state index in [9.17, 15) is 10.1 Å². The van der Waals surface area contributed by atoms with Crippen LogP contribution in [-0.4, -0.2) is 31.8 Å². The number of aromatic nitrogens is 4. The summed E-state index contributed by atoms with van der Waals surface area (Å²) in [4.78, 5) is 10.2. The van der Waals surface area contributed by atoms with E-state index in [1.54, 1.807) is 18.2 Å². The van der Waals surface area contributed by atoms with E-state index in [0.29, 0.717) is 5.56 Å². The second kappa shape index (κ2) is 4.79. The molecule has 0 atom stereocenters. The highest BCUT2D eigenvalue weighted by Crippen LogP contribution is 2.16. The maximum Gasteiger partial charge on any atom is 0.278 e. The lowest BCUT2D eigenvalue weighted by Gasteiger charge is -1.98. The number of hydrogen-bond acceptors (Lipinski definition) is 6. The Bertz CT molecular complexity index is 537. The zero-order valence-corrected chi connectivity index (χ0v) is 8.39. The van der Waals surface area contributed by atoms with Crippen molar-refractivity contribution in [1.29, 1.82) is 0 Å². The van der Waals surface area contributed by atoms with Crippen molar-refractivity contribution in [1.82, 2.24) is 20.6 Å². The summed E-state index contributed by atoms with van der Waals surface area (Å²) in [5.74, 6) is 0.0554. The molecule has 0 bridgehead atoms. The lowest BCUT2D eigenvalue weighted by atomic mass is 10.2. The van der Waals surface area contributed by atoms with Gasteiger partial charge in [-0.15, -0.1) is 5.21 Å². The van der Waals surface area contributed by atoms with Crippen LogP contribution in [0.4, 0.5) is 11.6 Å². The first kappa shape index (κ1) is 10.7. The Hall–Kier alpha value is -2.84. The number of tetrazole rings is 1. The van der Waals surface area contributed by atoms with Gasteiger partial charge in [0.15, 0.2) is 0 Å². The fourth-order valence-corrected chi connectivity index (χ4v) is 1.10. The number of nitro benzene ring substituents is 1. The average molecular weight is 232 g/mol. The Balaban J connectivity index is 2.13. The molecule has 0 saturated heterocycles. The minimum atomic E-state index is -0.490. The summed E-state index contributed by atoms with van der Waals surface area (Å²) < 4.78 is 0. The van der Waals surface area contributed by atoms with Gasteiger partial charge in [-0.3, -0.25) is 31.0 Å². The van der Waals surface area contributed by atoms with Gasteiger partial charge in [0.05, 0.1) is 16.4 Å². The number of nitrogens with one attached hydrogen (secondary N) is 1. The molecule has 9 heteroatoms. The second-order valence-electron chi connectivity index (χ2n) is 2.87. The van der Waals surface area contributed by atoms with E-state index in [1.807, 2.05) is 0 Å². The Labute approximate surface area is 94.7 Å². The van der Waals surface area contributed by atoms with E-state index < -0.39 is 4.92 Å². The molecule has 1 aromatic heterocycles. The smallest absolute Gasteiger partial charge is 0.277 e. The fourth-order valence-electron chi connectivity index (χ4n) is 1.10. The molecule has 0 fully saturated rings. The molecule has 0 radical (unpaired) electrons. The zero-order chi connectivity index (χ0) is 12.1. The normalized spacial score (nSPS) is 10.6. The lowest BCUT2D eigenvalue weighted by Crippen LogP contribution is -1.93. The van der Waals surface area contributed by atoms with E-state index in [-0.39, 0.29) is 11.6 Å². The van der Waals surface area contributed by atoms with Crippen LogP contribution in [0.2, 0.25) is 0 Å².